The maximum atomic E-state index is 12.9. The molecule has 10 heavy (non-hydrogen) atoms. The van der Waals surface area contributed by atoms with Gasteiger partial charge in [-0.3, -0.25) is 5.10 Å². The molecule has 0 aliphatic rings. The molecule has 1 rings (SSSR count). The Kier molecular flexibility index (Phi) is 2.04. The van der Waals surface area contributed by atoms with E-state index in [1.807, 2.05) is 6.92 Å². The summed E-state index contributed by atoms with van der Waals surface area (Å²) in [5.74, 6) is -0.179. The van der Waals surface area contributed by atoms with E-state index in [2.05, 4.69) is 10.2 Å². The highest BCUT2D eigenvalue weighted by molar-refractivity contribution is 5.10. The second-order valence-corrected chi connectivity index (χ2v) is 2.36. The van der Waals surface area contributed by atoms with Gasteiger partial charge in [-0.2, -0.15) is 5.10 Å². The van der Waals surface area contributed by atoms with Crippen molar-refractivity contribution < 1.29 is 4.39 Å². The number of nitrogens with zero attached hydrogens (tertiary/aromatic N) is 1. The number of H-pyrrole nitrogens is 1. The molecule has 1 aromatic heterocycles. The molecule has 0 spiro atoms. The fourth-order valence-corrected chi connectivity index (χ4v) is 0.868. The summed E-state index contributed by atoms with van der Waals surface area (Å²) in [5, 5.41) is 6.40. The van der Waals surface area contributed by atoms with Crippen LogP contribution < -0.4 is 0 Å². The topological polar surface area (TPSA) is 28.7 Å². The maximum Gasteiger partial charge on any atom is 0.166 e. The van der Waals surface area contributed by atoms with Crippen molar-refractivity contribution in [2.24, 2.45) is 0 Å². The zero-order chi connectivity index (χ0) is 7.56. The average Bonchev–Trinajstić information content (AvgIpc) is 2.20. The predicted molar refractivity (Wildman–Crippen MR) is 37.3 cm³/mol. The van der Waals surface area contributed by atoms with Crippen molar-refractivity contribution >= 4 is 0 Å². The van der Waals surface area contributed by atoms with Gasteiger partial charge in [0.15, 0.2) is 5.82 Å². The molecule has 0 saturated heterocycles. The van der Waals surface area contributed by atoms with Crippen LogP contribution in [0.4, 0.5) is 4.39 Å². The molecule has 0 atom stereocenters. The summed E-state index contributed by atoms with van der Waals surface area (Å²) < 4.78 is 12.9. The lowest BCUT2D eigenvalue weighted by Gasteiger charge is -1.88. The Morgan fingerprint density at radius 1 is 1.60 bits per heavy atom. The number of aromatic amines is 1. The number of rotatable bonds is 2. The molecule has 3 heteroatoms. The van der Waals surface area contributed by atoms with Gasteiger partial charge in [0.1, 0.15) is 0 Å². The minimum absolute atomic E-state index is 0.179. The van der Waals surface area contributed by atoms with E-state index in [4.69, 9.17) is 0 Å². The molecule has 0 bridgehead atoms. The van der Waals surface area contributed by atoms with Gasteiger partial charge in [-0.25, -0.2) is 4.39 Å². The Morgan fingerprint density at radius 2 is 2.30 bits per heavy atom. The van der Waals surface area contributed by atoms with E-state index in [1.54, 1.807) is 6.92 Å². The van der Waals surface area contributed by atoms with Crippen LogP contribution in [0.15, 0.2) is 0 Å². The number of halogens is 1. The van der Waals surface area contributed by atoms with Crippen molar-refractivity contribution in [2.75, 3.05) is 0 Å². The number of aromatic nitrogens is 2. The summed E-state index contributed by atoms with van der Waals surface area (Å²) in [6, 6.07) is 0. The second-order valence-electron chi connectivity index (χ2n) is 2.36. The van der Waals surface area contributed by atoms with Gasteiger partial charge in [-0.15, -0.1) is 0 Å². The summed E-state index contributed by atoms with van der Waals surface area (Å²) in [4.78, 5) is 0. The Bertz CT molecular complexity index is 217. The van der Waals surface area contributed by atoms with E-state index in [9.17, 15) is 4.39 Å². The molecular weight excluding hydrogens is 131 g/mol. The molecule has 0 radical (unpaired) electrons. The van der Waals surface area contributed by atoms with E-state index < -0.39 is 0 Å². The van der Waals surface area contributed by atoms with E-state index >= 15 is 0 Å². The van der Waals surface area contributed by atoms with Gasteiger partial charge < -0.3 is 0 Å². The Labute approximate surface area is 59.5 Å². The van der Waals surface area contributed by atoms with E-state index in [0.717, 1.165) is 12.8 Å². The largest absolute Gasteiger partial charge is 0.280 e. The molecule has 0 fully saturated rings. The summed E-state index contributed by atoms with van der Waals surface area (Å²) in [6.07, 6.45) is 1.65. The first-order chi connectivity index (χ1) is 4.75. The van der Waals surface area contributed by atoms with E-state index in [-0.39, 0.29) is 5.82 Å². The first-order valence-corrected chi connectivity index (χ1v) is 3.45. The highest BCUT2D eigenvalue weighted by Gasteiger charge is 2.06. The summed E-state index contributed by atoms with van der Waals surface area (Å²) in [6.45, 7) is 3.69. The quantitative estimate of drug-likeness (QED) is 0.670. The van der Waals surface area contributed by atoms with Gasteiger partial charge in [-0.05, 0) is 13.3 Å². The van der Waals surface area contributed by atoms with Crippen LogP contribution in [0, 0.1) is 12.7 Å². The van der Waals surface area contributed by atoms with Gasteiger partial charge in [0, 0.05) is 0 Å². The number of aryl methyl sites for hydroxylation is 2. The first-order valence-electron chi connectivity index (χ1n) is 3.45. The van der Waals surface area contributed by atoms with Crippen LogP contribution >= 0.6 is 0 Å². The summed E-state index contributed by atoms with van der Waals surface area (Å²) in [5.41, 5.74) is 1.09. The van der Waals surface area contributed by atoms with Crippen LogP contribution in [0.5, 0.6) is 0 Å². The SMILES string of the molecule is CCCc1n[nH]c(C)c1F. The number of hydrogen-bond donors (Lipinski definition) is 1. The molecule has 0 saturated carbocycles. The van der Waals surface area contributed by atoms with Crippen molar-refractivity contribution in [1.29, 1.82) is 0 Å². The molecule has 2 nitrogen and oxygen atoms in total. The minimum Gasteiger partial charge on any atom is -0.280 e. The molecule has 56 valence electrons. The van der Waals surface area contributed by atoms with E-state index in [1.165, 1.54) is 0 Å². The molecule has 0 aromatic carbocycles. The van der Waals surface area contributed by atoms with Gasteiger partial charge in [0.05, 0.1) is 11.4 Å². The molecule has 0 amide bonds. The molecule has 0 unspecified atom stereocenters. The molecule has 0 aliphatic carbocycles. The molecule has 1 aromatic rings. The lowest BCUT2D eigenvalue weighted by Crippen LogP contribution is -1.86. The monoisotopic (exact) mass is 142 g/mol. The van der Waals surface area contributed by atoms with Gasteiger partial charge in [0.2, 0.25) is 0 Å². The standard InChI is InChI=1S/C7H11FN2/c1-3-4-6-7(8)5(2)9-10-6/h3-4H2,1-2H3,(H,9,10). The third-order valence-electron chi connectivity index (χ3n) is 1.43. The molecule has 1 heterocycles. The van der Waals surface area contributed by atoms with Crippen molar-refractivity contribution in [2.45, 2.75) is 26.7 Å². The second kappa shape index (κ2) is 2.82. The van der Waals surface area contributed by atoms with Crippen molar-refractivity contribution in [3.05, 3.63) is 17.2 Å². The molecular formula is C7H11FN2. The van der Waals surface area contributed by atoms with E-state index in [0.29, 0.717) is 11.4 Å². The smallest absolute Gasteiger partial charge is 0.166 e. The van der Waals surface area contributed by atoms with Crippen molar-refractivity contribution in [1.82, 2.24) is 10.2 Å². The zero-order valence-electron chi connectivity index (χ0n) is 6.24. The van der Waals surface area contributed by atoms with Crippen LogP contribution in [0.3, 0.4) is 0 Å². The Balaban J connectivity index is 2.83. The zero-order valence-corrected chi connectivity index (χ0v) is 6.24. The van der Waals surface area contributed by atoms with Crippen LogP contribution in [-0.2, 0) is 6.42 Å². The minimum atomic E-state index is -0.179. The van der Waals surface area contributed by atoms with Crippen molar-refractivity contribution in [3.63, 3.8) is 0 Å². The summed E-state index contributed by atoms with van der Waals surface area (Å²) >= 11 is 0. The maximum absolute atomic E-state index is 12.9. The lowest BCUT2D eigenvalue weighted by molar-refractivity contribution is 0.599. The number of nitrogens with one attached hydrogen (secondary N) is 1. The third kappa shape index (κ3) is 1.17. The normalized spacial score (nSPS) is 10.3. The van der Waals surface area contributed by atoms with Gasteiger partial charge >= 0.3 is 0 Å². The number of hydrogen-bond acceptors (Lipinski definition) is 1. The molecule has 1 N–H and O–H groups in total. The first kappa shape index (κ1) is 7.25. The summed E-state index contributed by atoms with van der Waals surface area (Å²) in [7, 11) is 0. The van der Waals surface area contributed by atoms with Crippen molar-refractivity contribution in [3.8, 4) is 0 Å². The van der Waals surface area contributed by atoms with Gasteiger partial charge in [-0.1, -0.05) is 13.3 Å². The predicted octanol–water partition coefficient (Wildman–Crippen LogP) is 1.81. The van der Waals surface area contributed by atoms with Gasteiger partial charge in [0.25, 0.3) is 0 Å². The fraction of sp³-hybridized carbons (Fsp3) is 0.571. The van der Waals surface area contributed by atoms with Crippen LogP contribution in [0.2, 0.25) is 0 Å². The van der Waals surface area contributed by atoms with Crippen LogP contribution in [0.25, 0.3) is 0 Å². The Hall–Kier alpha value is -0.860. The Morgan fingerprint density at radius 3 is 2.70 bits per heavy atom. The third-order valence-corrected chi connectivity index (χ3v) is 1.43. The van der Waals surface area contributed by atoms with Crippen LogP contribution in [0.1, 0.15) is 24.7 Å². The van der Waals surface area contributed by atoms with Crippen LogP contribution in [-0.4, -0.2) is 10.2 Å². The highest BCUT2D eigenvalue weighted by atomic mass is 19.1. The molecule has 0 aliphatic heterocycles. The average molecular weight is 142 g/mol. The lowest BCUT2D eigenvalue weighted by atomic mass is 10.2. The highest BCUT2D eigenvalue weighted by Crippen LogP contribution is 2.08. The fourth-order valence-electron chi connectivity index (χ4n) is 0.868.